The van der Waals surface area contributed by atoms with E-state index in [0.717, 1.165) is 23.2 Å². The Balaban J connectivity index is 1.48. The topological polar surface area (TPSA) is 56.2 Å². The Morgan fingerprint density at radius 3 is 2.62 bits per heavy atom. The minimum Gasteiger partial charge on any atom is -0.381 e. The van der Waals surface area contributed by atoms with Crippen molar-refractivity contribution in [1.29, 1.82) is 0 Å². The van der Waals surface area contributed by atoms with Gasteiger partial charge in [0.05, 0.1) is 11.7 Å². The van der Waals surface area contributed by atoms with Crippen molar-refractivity contribution in [3.05, 3.63) is 89.8 Å². The first kappa shape index (κ1) is 19.3. The molecule has 0 bridgehead atoms. The molecule has 0 aliphatic carbocycles. The fourth-order valence-corrected chi connectivity index (χ4v) is 3.92. The smallest absolute Gasteiger partial charge is 0.231 e. The summed E-state index contributed by atoms with van der Waals surface area (Å²) in [5.74, 6) is -0.335. The van der Waals surface area contributed by atoms with Crippen LogP contribution in [-0.2, 0) is 28.0 Å². The van der Waals surface area contributed by atoms with E-state index in [4.69, 9.17) is 4.74 Å². The number of rotatable bonds is 6. The van der Waals surface area contributed by atoms with Gasteiger partial charge >= 0.3 is 0 Å². The zero-order valence-electron chi connectivity index (χ0n) is 16.2. The van der Waals surface area contributed by atoms with Gasteiger partial charge in [0.1, 0.15) is 5.82 Å². The second kappa shape index (κ2) is 8.57. The molecule has 29 heavy (non-hydrogen) atoms. The van der Waals surface area contributed by atoms with Crippen molar-refractivity contribution in [3.63, 3.8) is 0 Å². The van der Waals surface area contributed by atoms with Crippen LogP contribution in [-0.4, -0.2) is 28.7 Å². The number of amides is 1. The molecule has 4 rings (SSSR count). The van der Waals surface area contributed by atoms with Crippen molar-refractivity contribution in [3.8, 4) is 0 Å². The number of aromatic nitrogens is 2. The highest BCUT2D eigenvalue weighted by atomic mass is 19.1. The summed E-state index contributed by atoms with van der Waals surface area (Å²) in [4.78, 5) is 17.3. The lowest BCUT2D eigenvalue weighted by atomic mass is 9.73. The highest BCUT2D eigenvalue weighted by Crippen LogP contribution is 2.35. The summed E-state index contributed by atoms with van der Waals surface area (Å²) in [7, 11) is 0. The minimum atomic E-state index is -0.680. The zero-order valence-corrected chi connectivity index (χ0v) is 16.2. The van der Waals surface area contributed by atoms with E-state index in [1.165, 1.54) is 12.1 Å². The van der Waals surface area contributed by atoms with E-state index < -0.39 is 5.41 Å². The third-order valence-electron chi connectivity index (χ3n) is 5.55. The van der Waals surface area contributed by atoms with E-state index in [2.05, 4.69) is 22.4 Å². The molecule has 1 fully saturated rings. The number of carbonyl (C=O) groups is 1. The van der Waals surface area contributed by atoms with Crippen LogP contribution in [0.2, 0.25) is 0 Å². The summed E-state index contributed by atoms with van der Waals surface area (Å²) in [5, 5.41) is 3.10. The summed E-state index contributed by atoms with van der Waals surface area (Å²) in [5.41, 5.74) is 2.35. The maximum absolute atomic E-state index is 13.4. The molecule has 0 unspecified atom stereocenters. The summed E-state index contributed by atoms with van der Waals surface area (Å²) < 4.78 is 20.9. The summed E-state index contributed by atoms with van der Waals surface area (Å²) in [6.07, 6.45) is 6.64. The van der Waals surface area contributed by atoms with Crippen molar-refractivity contribution in [2.75, 3.05) is 13.2 Å². The average molecular weight is 393 g/mol. The summed E-state index contributed by atoms with van der Waals surface area (Å²) in [6, 6.07) is 14.4. The Labute approximate surface area is 169 Å². The van der Waals surface area contributed by atoms with Gasteiger partial charge in [-0.1, -0.05) is 36.4 Å². The van der Waals surface area contributed by atoms with Crippen molar-refractivity contribution in [2.45, 2.75) is 31.3 Å². The Hall–Kier alpha value is -2.99. The fraction of sp³-hybridized carbons (Fsp3) is 0.304. The van der Waals surface area contributed by atoms with Gasteiger partial charge in [-0.15, -0.1) is 0 Å². The van der Waals surface area contributed by atoms with Gasteiger partial charge in [-0.25, -0.2) is 9.37 Å². The molecule has 0 saturated carbocycles. The zero-order chi connectivity index (χ0) is 20.1. The predicted octanol–water partition coefficient (Wildman–Crippen LogP) is 3.44. The van der Waals surface area contributed by atoms with Crippen LogP contribution in [0.4, 0.5) is 4.39 Å². The molecule has 1 saturated heterocycles. The van der Waals surface area contributed by atoms with Crippen LogP contribution < -0.4 is 5.32 Å². The van der Waals surface area contributed by atoms with Crippen LogP contribution in [0.5, 0.6) is 0 Å². The van der Waals surface area contributed by atoms with Crippen molar-refractivity contribution in [1.82, 2.24) is 14.9 Å². The summed E-state index contributed by atoms with van der Waals surface area (Å²) in [6.45, 7) is 2.22. The number of ether oxygens (including phenoxy) is 1. The van der Waals surface area contributed by atoms with Gasteiger partial charge in [0.2, 0.25) is 5.91 Å². The minimum absolute atomic E-state index is 0.0348. The maximum Gasteiger partial charge on any atom is 0.231 e. The van der Waals surface area contributed by atoms with Crippen LogP contribution in [0.25, 0.3) is 0 Å². The first-order valence-electron chi connectivity index (χ1n) is 9.81. The molecule has 1 aromatic heterocycles. The maximum atomic E-state index is 13.4. The number of nitrogens with one attached hydrogen (secondary N) is 1. The van der Waals surface area contributed by atoms with E-state index >= 15 is 0 Å². The highest BCUT2D eigenvalue weighted by molar-refractivity contribution is 5.88. The molecule has 0 atom stereocenters. The lowest BCUT2D eigenvalue weighted by Crippen LogP contribution is -2.47. The van der Waals surface area contributed by atoms with Crippen LogP contribution in [0.15, 0.2) is 67.3 Å². The predicted molar refractivity (Wildman–Crippen MR) is 108 cm³/mol. The molecule has 0 spiro atoms. The van der Waals surface area contributed by atoms with Gasteiger partial charge in [0.15, 0.2) is 0 Å². The lowest BCUT2D eigenvalue weighted by molar-refractivity contribution is -0.130. The van der Waals surface area contributed by atoms with E-state index in [0.29, 0.717) is 32.6 Å². The largest absolute Gasteiger partial charge is 0.381 e. The normalized spacial score (nSPS) is 15.8. The Bertz CT molecular complexity index is 949. The molecule has 5 nitrogen and oxygen atoms in total. The Morgan fingerprint density at radius 2 is 1.90 bits per heavy atom. The summed E-state index contributed by atoms with van der Waals surface area (Å²) >= 11 is 0. The van der Waals surface area contributed by atoms with Crippen molar-refractivity contribution in [2.24, 2.45) is 0 Å². The van der Waals surface area contributed by atoms with E-state index in [1.54, 1.807) is 24.7 Å². The van der Waals surface area contributed by atoms with Gasteiger partial charge < -0.3 is 14.6 Å². The molecule has 150 valence electrons. The third kappa shape index (κ3) is 4.38. The number of benzene rings is 2. The van der Waals surface area contributed by atoms with E-state index in [9.17, 15) is 9.18 Å². The number of imidazole rings is 1. The molecule has 1 N–H and O–H groups in total. The number of halogens is 1. The van der Waals surface area contributed by atoms with E-state index in [1.807, 2.05) is 22.9 Å². The van der Waals surface area contributed by atoms with Crippen molar-refractivity contribution < 1.29 is 13.9 Å². The van der Waals surface area contributed by atoms with Crippen LogP contribution in [0, 0.1) is 5.82 Å². The molecular weight excluding hydrogens is 369 g/mol. The van der Waals surface area contributed by atoms with Gasteiger partial charge in [-0.3, -0.25) is 4.79 Å². The molecule has 0 radical (unpaired) electrons. The molecule has 1 amide bonds. The fourth-order valence-electron chi connectivity index (χ4n) is 3.92. The third-order valence-corrected chi connectivity index (χ3v) is 5.55. The monoisotopic (exact) mass is 393 g/mol. The molecule has 6 heteroatoms. The van der Waals surface area contributed by atoms with Gasteiger partial charge in [-0.05, 0) is 41.7 Å². The molecule has 2 heterocycles. The first-order chi connectivity index (χ1) is 14.2. The number of hydrogen-bond acceptors (Lipinski definition) is 3. The molecule has 1 aliphatic heterocycles. The molecule has 2 aromatic carbocycles. The van der Waals surface area contributed by atoms with Gasteiger partial charge in [0, 0.05) is 38.7 Å². The second-order valence-corrected chi connectivity index (χ2v) is 7.44. The number of hydrogen-bond donors (Lipinski definition) is 1. The van der Waals surface area contributed by atoms with Crippen LogP contribution in [0.3, 0.4) is 0 Å². The quantitative estimate of drug-likeness (QED) is 0.698. The van der Waals surface area contributed by atoms with Gasteiger partial charge in [0.25, 0.3) is 0 Å². The molecule has 3 aromatic rings. The standard InChI is InChI=1S/C23H24FN3O2/c24-21-6-4-20(5-7-21)23(8-12-29-13-9-23)22(28)26-15-18-2-1-3-19(14-18)16-27-11-10-25-17-27/h1-7,10-11,14,17H,8-9,12-13,15-16H2,(H,26,28). The number of carbonyl (C=O) groups excluding carboxylic acids is 1. The molecular formula is C23H24FN3O2. The molecule has 1 aliphatic rings. The number of nitrogens with zero attached hydrogens (tertiary/aromatic N) is 2. The van der Waals surface area contributed by atoms with Crippen LogP contribution >= 0.6 is 0 Å². The Morgan fingerprint density at radius 1 is 1.14 bits per heavy atom. The first-order valence-corrected chi connectivity index (χ1v) is 9.81. The van der Waals surface area contributed by atoms with Gasteiger partial charge in [-0.2, -0.15) is 0 Å². The highest BCUT2D eigenvalue weighted by Gasteiger charge is 2.41. The second-order valence-electron chi connectivity index (χ2n) is 7.44. The van der Waals surface area contributed by atoms with E-state index in [-0.39, 0.29) is 11.7 Å². The SMILES string of the molecule is O=C(NCc1cccc(Cn2ccnc2)c1)C1(c2ccc(F)cc2)CCOCC1. The van der Waals surface area contributed by atoms with Crippen LogP contribution in [0.1, 0.15) is 29.5 Å². The lowest BCUT2D eigenvalue weighted by Gasteiger charge is -2.36. The average Bonchev–Trinajstić information content (AvgIpc) is 3.26. The van der Waals surface area contributed by atoms with Crippen molar-refractivity contribution >= 4 is 5.91 Å². The Kier molecular flexibility index (Phi) is 5.71.